The van der Waals surface area contributed by atoms with Crippen LogP contribution in [-0.2, 0) is 0 Å². The van der Waals surface area contributed by atoms with Crippen molar-refractivity contribution in [2.75, 3.05) is 18.4 Å². The molecule has 1 aliphatic rings. The number of H-pyrrole nitrogens is 1. The molecule has 4 aromatic rings. The fourth-order valence-electron chi connectivity index (χ4n) is 3.81. The van der Waals surface area contributed by atoms with Crippen LogP contribution in [0.4, 0.5) is 17.2 Å². The maximum Gasteiger partial charge on any atom is 0.143 e. The highest BCUT2D eigenvalue weighted by molar-refractivity contribution is 6.30. The Morgan fingerprint density at radius 1 is 1.00 bits per heavy atom. The monoisotopic (exact) mass is 430 g/mol. The second-order valence-electron chi connectivity index (χ2n) is 7.69. The molecule has 3 heterocycles. The first kappa shape index (κ1) is 19.6. The van der Waals surface area contributed by atoms with Gasteiger partial charge in [0.15, 0.2) is 0 Å². The molecule has 0 unspecified atom stereocenters. The largest absolute Gasteiger partial charge is 0.363 e. The van der Waals surface area contributed by atoms with Crippen LogP contribution in [0.15, 0.2) is 65.9 Å². The van der Waals surface area contributed by atoms with Gasteiger partial charge >= 0.3 is 0 Å². The van der Waals surface area contributed by atoms with Crippen molar-refractivity contribution in [3.05, 3.63) is 65.9 Å². The van der Waals surface area contributed by atoms with Crippen molar-refractivity contribution in [3.8, 4) is 11.3 Å². The number of hydrogen-bond acceptors (Lipinski definition) is 4. The van der Waals surface area contributed by atoms with Gasteiger partial charge in [-0.15, -0.1) is 0 Å². The number of halogens is 1. The van der Waals surface area contributed by atoms with E-state index in [0.29, 0.717) is 5.02 Å². The van der Waals surface area contributed by atoms with Gasteiger partial charge in [-0.2, -0.15) is 0 Å². The number of fused-ring (bicyclic) bond motifs is 1. The van der Waals surface area contributed by atoms with Gasteiger partial charge in [-0.3, -0.25) is 0 Å². The van der Waals surface area contributed by atoms with Gasteiger partial charge in [-0.05, 0) is 61.2 Å². The van der Waals surface area contributed by atoms with Crippen molar-refractivity contribution < 1.29 is 0 Å². The number of likely N-dealkylation sites (tertiary alicyclic amines) is 1. The number of nitrogens with zero attached hydrogens (tertiary/aromatic N) is 4. The van der Waals surface area contributed by atoms with E-state index in [-0.39, 0.29) is 0 Å². The average molecular weight is 431 g/mol. The van der Waals surface area contributed by atoms with Crippen molar-refractivity contribution in [3.63, 3.8) is 0 Å². The van der Waals surface area contributed by atoms with E-state index in [0.717, 1.165) is 52.6 Å². The summed E-state index contributed by atoms with van der Waals surface area (Å²) in [5.74, 6) is 0.734. The third kappa shape index (κ3) is 4.54. The van der Waals surface area contributed by atoms with E-state index >= 15 is 0 Å². The van der Waals surface area contributed by atoms with Crippen molar-refractivity contribution in [1.29, 1.82) is 0 Å². The second kappa shape index (κ2) is 8.78. The second-order valence-corrected chi connectivity index (χ2v) is 8.13. The molecule has 2 aromatic carbocycles. The van der Waals surface area contributed by atoms with Crippen LogP contribution in [-0.4, -0.2) is 39.3 Å². The molecule has 0 radical (unpaired) electrons. The minimum absolute atomic E-state index is 0.674. The van der Waals surface area contributed by atoms with Crippen LogP contribution in [0.2, 0.25) is 5.02 Å². The summed E-state index contributed by atoms with van der Waals surface area (Å²) in [7, 11) is 0. The van der Waals surface area contributed by atoms with E-state index < -0.39 is 0 Å². The standard InChI is InChI=1S/C24H23ClN6/c25-18-5-4-6-20(13-18)29-23-21-14-22(30-24(21)27-15-26-23)17-7-9-19(10-8-17)28-16-31-11-2-1-3-12-31/h4-10,13-16H,1-3,11-12H2,(H2,26,27,29,30). The molecule has 31 heavy (non-hydrogen) atoms. The summed E-state index contributed by atoms with van der Waals surface area (Å²) in [6.07, 6.45) is 7.35. The van der Waals surface area contributed by atoms with Crippen molar-refractivity contribution >= 4 is 46.2 Å². The molecule has 7 heteroatoms. The maximum atomic E-state index is 6.10. The van der Waals surface area contributed by atoms with Gasteiger partial charge in [0, 0.05) is 29.5 Å². The number of aromatic amines is 1. The fourth-order valence-corrected chi connectivity index (χ4v) is 4.00. The Hall–Kier alpha value is -3.38. The van der Waals surface area contributed by atoms with E-state index in [2.05, 4.69) is 48.4 Å². The minimum atomic E-state index is 0.674. The normalized spacial score (nSPS) is 14.4. The molecule has 156 valence electrons. The first-order valence-electron chi connectivity index (χ1n) is 10.5. The Bertz CT molecular complexity index is 1210. The lowest BCUT2D eigenvalue weighted by atomic mass is 10.1. The van der Waals surface area contributed by atoms with Crippen molar-refractivity contribution in [1.82, 2.24) is 19.9 Å². The van der Waals surface area contributed by atoms with E-state index in [1.54, 1.807) is 6.33 Å². The lowest BCUT2D eigenvalue weighted by Gasteiger charge is -2.23. The van der Waals surface area contributed by atoms with Crippen LogP contribution >= 0.6 is 11.6 Å². The summed E-state index contributed by atoms with van der Waals surface area (Å²) in [5.41, 5.74) is 4.67. The smallest absolute Gasteiger partial charge is 0.143 e. The molecule has 0 amide bonds. The minimum Gasteiger partial charge on any atom is -0.363 e. The lowest BCUT2D eigenvalue weighted by Crippen LogP contribution is -2.27. The number of rotatable bonds is 5. The van der Waals surface area contributed by atoms with Gasteiger partial charge in [-0.1, -0.05) is 29.8 Å². The quantitative estimate of drug-likeness (QED) is 0.293. The first-order chi connectivity index (χ1) is 15.2. The Morgan fingerprint density at radius 3 is 2.65 bits per heavy atom. The maximum absolute atomic E-state index is 6.10. The average Bonchev–Trinajstić information content (AvgIpc) is 3.24. The van der Waals surface area contributed by atoms with Crippen LogP contribution in [0.3, 0.4) is 0 Å². The molecule has 1 saturated heterocycles. The molecular formula is C24H23ClN6. The van der Waals surface area contributed by atoms with Gasteiger partial charge < -0.3 is 15.2 Å². The first-order valence-corrected chi connectivity index (χ1v) is 10.9. The predicted octanol–water partition coefficient (Wildman–Crippen LogP) is 6.17. The van der Waals surface area contributed by atoms with Gasteiger partial charge in [0.2, 0.25) is 0 Å². The van der Waals surface area contributed by atoms with Gasteiger partial charge in [0.25, 0.3) is 0 Å². The Kier molecular flexibility index (Phi) is 5.54. The highest BCUT2D eigenvalue weighted by atomic mass is 35.5. The number of aliphatic imine (C=N–C) groups is 1. The summed E-state index contributed by atoms with van der Waals surface area (Å²) >= 11 is 6.10. The molecule has 6 nitrogen and oxygen atoms in total. The van der Waals surface area contributed by atoms with Crippen LogP contribution in [0.25, 0.3) is 22.3 Å². The van der Waals surface area contributed by atoms with Gasteiger partial charge in [-0.25, -0.2) is 15.0 Å². The van der Waals surface area contributed by atoms with Gasteiger partial charge in [0.05, 0.1) is 17.4 Å². The number of anilines is 2. The molecule has 5 rings (SSSR count). The third-order valence-corrected chi connectivity index (χ3v) is 5.69. The highest BCUT2D eigenvalue weighted by Gasteiger charge is 2.10. The van der Waals surface area contributed by atoms with E-state index in [4.69, 9.17) is 11.6 Å². The third-order valence-electron chi connectivity index (χ3n) is 5.45. The number of aromatic nitrogens is 3. The number of hydrogen-bond donors (Lipinski definition) is 2. The molecular weight excluding hydrogens is 408 g/mol. The molecule has 1 aliphatic heterocycles. The van der Waals surface area contributed by atoms with Crippen molar-refractivity contribution in [2.24, 2.45) is 4.99 Å². The van der Waals surface area contributed by atoms with Crippen LogP contribution < -0.4 is 5.32 Å². The van der Waals surface area contributed by atoms with E-state index in [1.807, 2.05) is 42.7 Å². The molecule has 0 spiro atoms. The highest BCUT2D eigenvalue weighted by Crippen LogP contribution is 2.30. The molecule has 0 saturated carbocycles. The Morgan fingerprint density at radius 2 is 1.84 bits per heavy atom. The summed E-state index contributed by atoms with van der Waals surface area (Å²) in [5, 5.41) is 4.93. The number of benzene rings is 2. The summed E-state index contributed by atoms with van der Waals surface area (Å²) < 4.78 is 0. The van der Waals surface area contributed by atoms with E-state index in [9.17, 15) is 0 Å². The number of nitrogens with one attached hydrogen (secondary N) is 2. The zero-order valence-electron chi connectivity index (χ0n) is 17.1. The van der Waals surface area contributed by atoms with Crippen LogP contribution in [0, 0.1) is 0 Å². The molecule has 1 fully saturated rings. The molecule has 2 aromatic heterocycles. The summed E-state index contributed by atoms with van der Waals surface area (Å²) in [6.45, 7) is 2.20. The predicted molar refractivity (Wildman–Crippen MR) is 128 cm³/mol. The molecule has 2 N–H and O–H groups in total. The van der Waals surface area contributed by atoms with Gasteiger partial charge in [0.1, 0.15) is 17.8 Å². The fraction of sp³-hybridized carbons (Fsp3) is 0.208. The Balaban J connectivity index is 1.37. The van der Waals surface area contributed by atoms with Crippen LogP contribution in [0.5, 0.6) is 0 Å². The molecule has 0 aliphatic carbocycles. The Labute approximate surface area is 186 Å². The molecule has 0 bridgehead atoms. The topological polar surface area (TPSA) is 69.2 Å². The summed E-state index contributed by atoms with van der Waals surface area (Å²) in [6, 6.07) is 17.9. The number of piperidine rings is 1. The molecule has 0 atom stereocenters. The van der Waals surface area contributed by atoms with E-state index in [1.165, 1.54) is 19.3 Å². The zero-order valence-corrected chi connectivity index (χ0v) is 17.8. The summed E-state index contributed by atoms with van der Waals surface area (Å²) in [4.78, 5) is 19.1. The lowest BCUT2D eigenvalue weighted by molar-refractivity contribution is 0.351. The van der Waals surface area contributed by atoms with Crippen LogP contribution in [0.1, 0.15) is 19.3 Å². The SMILES string of the molecule is Clc1cccc(Nc2ncnc3[nH]c(-c4ccc(N=CN5CCCCC5)cc4)cc23)c1. The zero-order chi connectivity index (χ0) is 21.0. The van der Waals surface area contributed by atoms with Crippen molar-refractivity contribution in [2.45, 2.75) is 19.3 Å².